The third-order valence-electron chi connectivity index (χ3n) is 6.32. The first-order valence-electron chi connectivity index (χ1n) is 12.1. The maximum Gasteiger partial charge on any atom is 0.282 e. The van der Waals surface area contributed by atoms with Gasteiger partial charge in [0, 0.05) is 15.6 Å². The van der Waals surface area contributed by atoms with Crippen molar-refractivity contribution < 1.29 is 13.5 Å². The molecule has 0 spiro atoms. The van der Waals surface area contributed by atoms with E-state index in [0.717, 1.165) is 22.4 Å². The van der Waals surface area contributed by atoms with Gasteiger partial charge in [-0.1, -0.05) is 26.0 Å². The van der Waals surface area contributed by atoms with Gasteiger partial charge in [0.05, 0.1) is 24.2 Å². The first kappa shape index (κ1) is 25.6. The van der Waals surface area contributed by atoms with Gasteiger partial charge >= 0.3 is 0 Å². The number of aryl methyl sites for hydroxylation is 1. The summed E-state index contributed by atoms with van der Waals surface area (Å²) < 4.78 is 26.9. The van der Waals surface area contributed by atoms with E-state index in [9.17, 15) is 9.18 Å². The van der Waals surface area contributed by atoms with Gasteiger partial charge in [-0.3, -0.25) is 4.79 Å². The molecular formula is C30H25BrFN3O3. The van der Waals surface area contributed by atoms with E-state index in [4.69, 9.17) is 14.1 Å². The highest BCUT2D eigenvalue weighted by atomic mass is 79.9. The minimum absolute atomic E-state index is 0.195. The maximum absolute atomic E-state index is 13.6. The minimum atomic E-state index is -0.348. The quantitative estimate of drug-likeness (QED) is 0.197. The fraction of sp³-hybridized carbons (Fsp3) is 0.167. The molecule has 0 atom stereocenters. The summed E-state index contributed by atoms with van der Waals surface area (Å²) in [5.41, 5.74) is 3.68. The van der Waals surface area contributed by atoms with E-state index < -0.39 is 0 Å². The fourth-order valence-corrected chi connectivity index (χ4v) is 4.89. The molecule has 3 aromatic carbocycles. The Balaban J connectivity index is 1.65. The van der Waals surface area contributed by atoms with Crippen LogP contribution in [0.25, 0.3) is 33.6 Å². The smallest absolute Gasteiger partial charge is 0.282 e. The van der Waals surface area contributed by atoms with Crippen LogP contribution >= 0.6 is 15.9 Å². The number of methoxy groups -OCH3 is 1. The molecule has 0 fully saturated rings. The number of rotatable bonds is 6. The van der Waals surface area contributed by atoms with Crippen molar-refractivity contribution in [3.63, 3.8) is 0 Å². The topological polar surface area (TPSA) is 69.6 Å². The number of hydrogen-bond donors (Lipinski definition) is 0. The summed E-state index contributed by atoms with van der Waals surface area (Å²) >= 11 is 3.37. The summed E-state index contributed by atoms with van der Waals surface area (Å²) in [6.45, 7) is 6.13. The van der Waals surface area contributed by atoms with E-state index in [1.807, 2.05) is 31.2 Å². The van der Waals surface area contributed by atoms with Crippen molar-refractivity contribution in [2.45, 2.75) is 26.7 Å². The number of hydrogen-bond acceptors (Lipinski definition) is 5. The zero-order valence-electron chi connectivity index (χ0n) is 21.3. The number of benzene rings is 3. The number of aromatic nitrogens is 2. The molecule has 0 aliphatic heterocycles. The standard InChI is InChI=1S/C30H25BrFN3O3/c1-17(2)23-15-24(18(3)13-28(23)37-4)29-34-26-8-6-5-7-22(26)30(36)35(29)33-16-20-10-12-27(38-20)21-11-9-19(32)14-25(21)31/h5-17H,1-4H3. The summed E-state index contributed by atoms with van der Waals surface area (Å²) in [5.74, 6) is 2.01. The molecule has 0 unspecified atom stereocenters. The molecule has 0 radical (unpaired) electrons. The molecule has 0 bridgehead atoms. The van der Waals surface area contributed by atoms with Gasteiger partial charge in [0.1, 0.15) is 23.1 Å². The Morgan fingerprint density at radius 2 is 1.87 bits per heavy atom. The van der Waals surface area contributed by atoms with Gasteiger partial charge in [-0.15, -0.1) is 0 Å². The molecule has 0 amide bonds. The van der Waals surface area contributed by atoms with E-state index >= 15 is 0 Å². The van der Waals surface area contributed by atoms with Crippen LogP contribution < -0.4 is 10.3 Å². The molecule has 0 N–H and O–H groups in total. The minimum Gasteiger partial charge on any atom is -0.496 e. The van der Waals surface area contributed by atoms with Crippen molar-refractivity contribution in [2.75, 3.05) is 7.11 Å². The Morgan fingerprint density at radius 3 is 2.61 bits per heavy atom. The summed E-state index contributed by atoms with van der Waals surface area (Å²) in [4.78, 5) is 18.5. The van der Waals surface area contributed by atoms with E-state index in [-0.39, 0.29) is 17.3 Å². The second-order valence-corrected chi connectivity index (χ2v) is 10.1. The van der Waals surface area contributed by atoms with Crippen LogP contribution in [0.5, 0.6) is 5.75 Å². The Hall–Kier alpha value is -4.04. The molecule has 5 rings (SSSR count). The Labute approximate surface area is 227 Å². The summed E-state index contributed by atoms with van der Waals surface area (Å²) in [6, 6.07) is 19.1. The van der Waals surface area contributed by atoms with Gasteiger partial charge < -0.3 is 9.15 Å². The van der Waals surface area contributed by atoms with E-state index in [0.29, 0.717) is 38.3 Å². The lowest BCUT2D eigenvalue weighted by atomic mass is 9.96. The van der Waals surface area contributed by atoms with Crippen LogP contribution in [-0.4, -0.2) is 23.0 Å². The SMILES string of the molecule is COc1cc(C)c(-c2nc3ccccc3c(=O)n2N=Cc2ccc(-c3ccc(F)cc3Br)o2)cc1C(C)C. The number of fused-ring (bicyclic) bond motifs is 1. The molecule has 0 aliphatic rings. The van der Waals surface area contributed by atoms with Crippen LogP contribution in [0.15, 0.2) is 85.5 Å². The highest BCUT2D eigenvalue weighted by molar-refractivity contribution is 9.10. The van der Waals surface area contributed by atoms with Crippen molar-refractivity contribution in [1.82, 2.24) is 9.66 Å². The lowest BCUT2D eigenvalue weighted by molar-refractivity contribution is 0.407. The Bertz CT molecular complexity index is 1750. The van der Waals surface area contributed by atoms with Crippen LogP contribution in [0.1, 0.15) is 36.7 Å². The molecule has 6 nitrogen and oxygen atoms in total. The van der Waals surface area contributed by atoms with Crippen LogP contribution in [0.3, 0.4) is 0 Å². The van der Waals surface area contributed by atoms with Gasteiger partial charge in [0.15, 0.2) is 5.82 Å². The first-order valence-corrected chi connectivity index (χ1v) is 12.9. The van der Waals surface area contributed by atoms with Crippen LogP contribution in [0, 0.1) is 12.7 Å². The average molecular weight is 574 g/mol. The van der Waals surface area contributed by atoms with Crippen molar-refractivity contribution >= 4 is 33.0 Å². The Morgan fingerprint density at radius 1 is 1.08 bits per heavy atom. The van der Waals surface area contributed by atoms with Gasteiger partial charge in [0.25, 0.3) is 5.56 Å². The normalized spacial score (nSPS) is 11.7. The maximum atomic E-state index is 13.6. The van der Waals surface area contributed by atoms with E-state index in [2.05, 4.69) is 34.9 Å². The lowest BCUT2D eigenvalue weighted by Crippen LogP contribution is -2.20. The average Bonchev–Trinajstić information content (AvgIpc) is 3.36. The number of para-hydroxylation sites is 1. The van der Waals surface area contributed by atoms with E-state index in [1.54, 1.807) is 37.4 Å². The first-order chi connectivity index (χ1) is 18.3. The molecule has 0 saturated carbocycles. The summed E-state index contributed by atoms with van der Waals surface area (Å²) in [7, 11) is 1.65. The molecule has 5 aromatic rings. The third-order valence-corrected chi connectivity index (χ3v) is 6.97. The molecular weight excluding hydrogens is 549 g/mol. The second-order valence-electron chi connectivity index (χ2n) is 9.20. The van der Waals surface area contributed by atoms with Crippen molar-refractivity contribution in [1.29, 1.82) is 0 Å². The molecule has 192 valence electrons. The number of ether oxygens (including phenoxy) is 1. The highest BCUT2D eigenvalue weighted by Gasteiger charge is 2.18. The summed E-state index contributed by atoms with van der Waals surface area (Å²) in [6.07, 6.45) is 1.48. The lowest BCUT2D eigenvalue weighted by Gasteiger charge is -2.17. The van der Waals surface area contributed by atoms with Gasteiger partial charge in [-0.05, 0) is 94.5 Å². The van der Waals surface area contributed by atoms with Gasteiger partial charge in [0.2, 0.25) is 0 Å². The van der Waals surface area contributed by atoms with Crippen molar-refractivity contribution in [2.24, 2.45) is 5.10 Å². The molecule has 2 heterocycles. The van der Waals surface area contributed by atoms with Gasteiger partial charge in [-0.2, -0.15) is 9.78 Å². The molecule has 2 aromatic heterocycles. The number of halogens is 2. The number of furan rings is 1. The monoisotopic (exact) mass is 573 g/mol. The largest absolute Gasteiger partial charge is 0.496 e. The molecule has 38 heavy (non-hydrogen) atoms. The summed E-state index contributed by atoms with van der Waals surface area (Å²) in [5, 5.41) is 4.98. The third kappa shape index (κ3) is 4.79. The van der Waals surface area contributed by atoms with Crippen LogP contribution in [-0.2, 0) is 0 Å². The molecule has 0 saturated heterocycles. The highest BCUT2D eigenvalue weighted by Crippen LogP contribution is 2.34. The van der Waals surface area contributed by atoms with Crippen LogP contribution in [0.4, 0.5) is 4.39 Å². The van der Waals surface area contributed by atoms with Crippen molar-refractivity contribution in [3.8, 4) is 28.5 Å². The zero-order valence-corrected chi connectivity index (χ0v) is 22.9. The fourth-order valence-electron chi connectivity index (χ4n) is 4.34. The predicted octanol–water partition coefficient (Wildman–Crippen LogP) is 7.55. The number of nitrogens with zero attached hydrogens (tertiary/aromatic N) is 3. The Kier molecular flexibility index (Phi) is 6.99. The molecule has 8 heteroatoms. The molecule has 0 aliphatic carbocycles. The predicted molar refractivity (Wildman–Crippen MR) is 152 cm³/mol. The van der Waals surface area contributed by atoms with Crippen molar-refractivity contribution in [3.05, 3.63) is 104 Å². The zero-order chi connectivity index (χ0) is 27.0. The van der Waals surface area contributed by atoms with Crippen LogP contribution in [0.2, 0.25) is 0 Å². The second kappa shape index (κ2) is 10.4. The van der Waals surface area contributed by atoms with Gasteiger partial charge in [-0.25, -0.2) is 9.37 Å². The van der Waals surface area contributed by atoms with E-state index in [1.165, 1.54) is 23.0 Å².